The lowest BCUT2D eigenvalue weighted by molar-refractivity contribution is -0.139. The molecule has 124 valence electrons. The number of nitrogens with zero attached hydrogens (tertiary/aromatic N) is 3. The van der Waals surface area contributed by atoms with Crippen LogP contribution in [0.1, 0.15) is 35.6 Å². The van der Waals surface area contributed by atoms with E-state index in [9.17, 15) is 14.7 Å². The SMILES string of the molecule is Cc1nc(-c2cnn(C)c2)sc1C(=O)N[C@@H](CC(C)C)C(=O)O. The van der Waals surface area contributed by atoms with E-state index in [1.54, 1.807) is 24.9 Å². The quantitative estimate of drug-likeness (QED) is 0.842. The van der Waals surface area contributed by atoms with E-state index in [0.717, 1.165) is 5.56 Å². The third-order valence-corrected chi connectivity index (χ3v) is 4.47. The molecule has 0 aliphatic carbocycles. The minimum absolute atomic E-state index is 0.171. The minimum Gasteiger partial charge on any atom is -0.480 e. The fourth-order valence-corrected chi connectivity index (χ4v) is 3.12. The molecule has 0 saturated heterocycles. The first-order chi connectivity index (χ1) is 10.8. The Hall–Kier alpha value is -2.22. The van der Waals surface area contributed by atoms with Crippen LogP contribution in [0.5, 0.6) is 0 Å². The van der Waals surface area contributed by atoms with E-state index in [4.69, 9.17) is 0 Å². The van der Waals surface area contributed by atoms with Gasteiger partial charge in [0.25, 0.3) is 5.91 Å². The third kappa shape index (κ3) is 4.16. The average Bonchev–Trinajstić information content (AvgIpc) is 3.03. The molecular weight excluding hydrogens is 316 g/mol. The lowest BCUT2D eigenvalue weighted by Gasteiger charge is -2.15. The Kier molecular flexibility index (Phi) is 5.15. The summed E-state index contributed by atoms with van der Waals surface area (Å²) in [7, 11) is 1.81. The molecule has 7 nitrogen and oxygen atoms in total. The normalized spacial score (nSPS) is 12.4. The van der Waals surface area contributed by atoms with E-state index in [1.807, 2.05) is 20.0 Å². The smallest absolute Gasteiger partial charge is 0.326 e. The van der Waals surface area contributed by atoms with E-state index in [1.165, 1.54) is 11.3 Å². The number of aryl methyl sites for hydroxylation is 2. The summed E-state index contributed by atoms with van der Waals surface area (Å²) in [6, 6.07) is -0.897. The highest BCUT2D eigenvalue weighted by molar-refractivity contribution is 7.17. The van der Waals surface area contributed by atoms with Gasteiger partial charge in [0.05, 0.1) is 11.9 Å². The Balaban J connectivity index is 2.19. The molecule has 0 aliphatic heterocycles. The number of carbonyl (C=O) groups excluding carboxylic acids is 1. The number of carboxylic acids is 1. The lowest BCUT2D eigenvalue weighted by atomic mass is 10.0. The molecule has 0 aliphatic rings. The molecule has 2 heterocycles. The molecule has 1 atom stereocenters. The predicted octanol–water partition coefficient (Wildman–Crippen LogP) is 2.08. The zero-order valence-corrected chi connectivity index (χ0v) is 14.3. The van der Waals surface area contributed by atoms with Crippen LogP contribution in [0, 0.1) is 12.8 Å². The molecule has 2 aromatic heterocycles. The van der Waals surface area contributed by atoms with Crippen molar-refractivity contribution in [1.82, 2.24) is 20.1 Å². The molecule has 0 fully saturated rings. The molecule has 0 radical (unpaired) electrons. The molecule has 2 N–H and O–H groups in total. The summed E-state index contributed by atoms with van der Waals surface area (Å²) >= 11 is 1.24. The fourth-order valence-electron chi connectivity index (χ4n) is 2.18. The molecule has 8 heteroatoms. The van der Waals surface area contributed by atoms with Gasteiger partial charge >= 0.3 is 5.97 Å². The predicted molar refractivity (Wildman–Crippen MR) is 87.4 cm³/mol. The zero-order valence-electron chi connectivity index (χ0n) is 13.5. The average molecular weight is 336 g/mol. The van der Waals surface area contributed by atoms with Gasteiger partial charge in [-0.15, -0.1) is 11.3 Å². The standard InChI is InChI=1S/C15H20N4O3S/c1-8(2)5-11(15(21)22)18-13(20)12-9(3)17-14(23-12)10-6-16-19(4)7-10/h6-8,11H,5H2,1-4H3,(H,18,20)(H,21,22)/t11-/m0/s1. The first kappa shape index (κ1) is 17.1. The van der Waals surface area contributed by atoms with Crippen LogP contribution in [0.2, 0.25) is 0 Å². The van der Waals surface area contributed by atoms with E-state index in [2.05, 4.69) is 15.4 Å². The van der Waals surface area contributed by atoms with Crippen LogP contribution >= 0.6 is 11.3 Å². The molecule has 0 unspecified atom stereocenters. The van der Waals surface area contributed by atoms with Gasteiger partial charge in [0.1, 0.15) is 15.9 Å². The molecular formula is C15H20N4O3S. The summed E-state index contributed by atoms with van der Waals surface area (Å²) in [5.41, 5.74) is 1.41. The van der Waals surface area contributed by atoms with Crippen LogP contribution in [-0.2, 0) is 11.8 Å². The highest BCUT2D eigenvalue weighted by atomic mass is 32.1. The summed E-state index contributed by atoms with van der Waals surface area (Å²) < 4.78 is 1.66. The second-order valence-corrected chi connectivity index (χ2v) is 6.83. The van der Waals surface area contributed by atoms with Crippen molar-refractivity contribution >= 4 is 23.2 Å². The van der Waals surface area contributed by atoms with Gasteiger partial charge in [-0.1, -0.05) is 13.8 Å². The molecule has 0 saturated carbocycles. The summed E-state index contributed by atoms with van der Waals surface area (Å²) in [5.74, 6) is -1.25. The summed E-state index contributed by atoms with van der Waals surface area (Å²) in [6.07, 6.45) is 3.88. The van der Waals surface area contributed by atoms with E-state index < -0.39 is 17.9 Å². The van der Waals surface area contributed by atoms with E-state index >= 15 is 0 Å². The molecule has 2 rings (SSSR count). The fraction of sp³-hybridized carbons (Fsp3) is 0.467. The molecule has 0 spiro atoms. The summed E-state index contributed by atoms with van der Waals surface area (Å²) in [6.45, 7) is 5.57. The molecule has 2 aromatic rings. The summed E-state index contributed by atoms with van der Waals surface area (Å²) in [4.78, 5) is 28.5. The zero-order chi connectivity index (χ0) is 17.1. The van der Waals surface area contributed by atoms with Crippen molar-refractivity contribution in [1.29, 1.82) is 0 Å². The number of amides is 1. The lowest BCUT2D eigenvalue weighted by Crippen LogP contribution is -2.41. The van der Waals surface area contributed by atoms with Crippen LogP contribution in [0.3, 0.4) is 0 Å². The van der Waals surface area contributed by atoms with Gasteiger partial charge in [-0.05, 0) is 19.3 Å². The topological polar surface area (TPSA) is 97.1 Å². The number of rotatable bonds is 6. The molecule has 0 aromatic carbocycles. The number of carbonyl (C=O) groups is 2. The monoisotopic (exact) mass is 336 g/mol. The Morgan fingerprint density at radius 2 is 2.13 bits per heavy atom. The number of aliphatic carboxylic acids is 1. The minimum atomic E-state index is -1.03. The van der Waals surface area contributed by atoms with Crippen molar-refractivity contribution in [3.8, 4) is 10.6 Å². The van der Waals surface area contributed by atoms with Gasteiger partial charge in [0, 0.05) is 18.8 Å². The maximum absolute atomic E-state index is 12.4. The van der Waals surface area contributed by atoms with Crippen molar-refractivity contribution in [2.75, 3.05) is 0 Å². The molecule has 0 bridgehead atoms. The number of aromatic nitrogens is 3. The number of hydrogen-bond acceptors (Lipinski definition) is 5. The van der Waals surface area contributed by atoms with Gasteiger partial charge in [-0.3, -0.25) is 9.48 Å². The Morgan fingerprint density at radius 1 is 1.43 bits per heavy atom. The number of nitrogens with one attached hydrogen (secondary N) is 1. The Morgan fingerprint density at radius 3 is 2.65 bits per heavy atom. The number of carboxylic acid groups (broad SMARTS) is 1. The van der Waals surface area contributed by atoms with Crippen LogP contribution in [-0.4, -0.2) is 37.8 Å². The van der Waals surface area contributed by atoms with Crippen molar-refractivity contribution in [2.45, 2.75) is 33.2 Å². The van der Waals surface area contributed by atoms with Gasteiger partial charge in [0.2, 0.25) is 0 Å². The van der Waals surface area contributed by atoms with Crippen LogP contribution in [0.25, 0.3) is 10.6 Å². The molecule has 1 amide bonds. The van der Waals surface area contributed by atoms with Crippen molar-refractivity contribution < 1.29 is 14.7 Å². The Bertz CT molecular complexity index is 720. The van der Waals surface area contributed by atoms with Crippen LogP contribution in [0.4, 0.5) is 0 Å². The van der Waals surface area contributed by atoms with E-state index in [0.29, 0.717) is 22.0 Å². The molecule has 23 heavy (non-hydrogen) atoms. The van der Waals surface area contributed by atoms with Gasteiger partial charge < -0.3 is 10.4 Å². The first-order valence-corrected chi connectivity index (χ1v) is 8.09. The first-order valence-electron chi connectivity index (χ1n) is 7.28. The van der Waals surface area contributed by atoms with Gasteiger partial charge in [-0.2, -0.15) is 5.10 Å². The second kappa shape index (κ2) is 6.91. The van der Waals surface area contributed by atoms with Crippen LogP contribution in [0.15, 0.2) is 12.4 Å². The maximum Gasteiger partial charge on any atom is 0.326 e. The van der Waals surface area contributed by atoms with Crippen molar-refractivity contribution in [3.63, 3.8) is 0 Å². The second-order valence-electron chi connectivity index (χ2n) is 5.83. The number of hydrogen-bond donors (Lipinski definition) is 2. The van der Waals surface area contributed by atoms with E-state index in [-0.39, 0.29) is 5.92 Å². The van der Waals surface area contributed by atoms with Gasteiger partial charge in [0.15, 0.2) is 0 Å². The van der Waals surface area contributed by atoms with Crippen LogP contribution < -0.4 is 5.32 Å². The largest absolute Gasteiger partial charge is 0.480 e. The Labute approximate surface area is 138 Å². The third-order valence-electron chi connectivity index (χ3n) is 3.27. The highest BCUT2D eigenvalue weighted by Gasteiger charge is 2.24. The highest BCUT2D eigenvalue weighted by Crippen LogP contribution is 2.27. The maximum atomic E-state index is 12.4. The van der Waals surface area contributed by atoms with Crippen molar-refractivity contribution in [2.24, 2.45) is 13.0 Å². The summed E-state index contributed by atoms with van der Waals surface area (Å²) in [5, 5.41) is 16.6. The number of thiazole rings is 1. The van der Waals surface area contributed by atoms with Crippen molar-refractivity contribution in [3.05, 3.63) is 23.0 Å². The van der Waals surface area contributed by atoms with Gasteiger partial charge in [-0.25, -0.2) is 9.78 Å².